The van der Waals surface area contributed by atoms with E-state index >= 15 is 0 Å². The number of thiol groups is 2. The maximum Gasteiger partial charge on any atom is 2.00 e. The zero-order valence-corrected chi connectivity index (χ0v) is 23.3. The Hall–Kier alpha value is -2.41. The van der Waals surface area contributed by atoms with Gasteiger partial charge in [-0.15, -0.1) is 0 Å². The van der Waals surface area contributed by atoms with Crippen LogP contribution >= 0.6 is 23.5 Å². The number of hydrogen-bond acceptors (Lipinski definition) is 6. The first-order valence-corrected chi connectivity index (χ1v) is 13.3. The number of hydrogen-bond donors (Lipinski definition) is 0. The molecule has 2 heterocycles. The Labute approximate surface area is 234 Å². The fourth-order valence-electron chi connectivity index (χ4n) is 2.77. The van der Waals surface area contributed by atoms with Crippen molar-refractivity contribution in [3.8, 4) is 0 Å². The van der Waals surface area contributed by atoms with Crippen molar-refractivity contribution < 1.29 is 16.8 Å². The molecule has 0 saturated heterocycles. The molecule has 11 heteroatoms. The molecule has 0 atom stereocenters. The molecule has 6 nitrogen and oxygen atoms in total. The molecule has 0 fully saturated rings. The molecule has 4 rings (SSSR count). The monoisotopic (exact) mass is 581 g/mol. The molecule has 0 bridgehead atoms. The van der Waals surface area contributed by atoms with Crippen LogP contribution in [0.25, 0.3) is 32.4 Å². The summed E-state index contributed by atoms with van der Waals surface area (Å²) in [5.41, 5.74) is 9.41. The van der Waals surface area contributed by atoms with Crippen molar-refractivity contribution in [3.63, 3.8) is 0 Å². The zero-order valence-electron chi connectivity index (χ0n) is 18.8. The van der Waals surface area contributed by atoms with E-state index in [-0.39, 0.29) is 16.8 Å². The molecular formula is C24H22CoN6S4+2. The maximum atomic E-state index is 4.28. The second-order valence-corrected chi connectivity index (χ2v) is 9.58. The maximum absolute atomic E-state index is 4.28. The summed E-state index contributed by atoms with van der Waals surface area (Å²) in [6.07, 6.45) is 10.7. The van der Waals surface area contributed by atoms with E-state index in [4.69, 9.17) is 0 Å². The van der Waals surface area contributed by atoms with Crippen LogP contribution in [0, 0.1) is 0 Å². The van der Waals surface area contributed by atoms with Crippen molar-refractivity contribution in [2.24, 2.45) is 10.2 Å². The largest absolute Gasteiger partial charge is 2.00 e. The number of nitrogens with zero attached hydrogens (tertiary/aromatic N) is 6. The molecular weight excluding hydrogens is 560 g/mol. The summed E-state index contributed by atoms with van der Waals surface area (Å²) < 4.78 is 1.25. The second kappa shape index (κ2) is 15.6. The van der Waals surface area contributed by atoms with Gasteiger partial charge in [-0.2, -0.15) is 0 Å². The van der Waals surface area contributed by atoms with Crippen LogP contribution in [0.5, 0.6) is 0 Å². The van der Waals surface area contributed by atoms with Gasteiger partial charge in [-0.3, -0.25) is 9.97 Å². The van der Waals surface area contributed by atoms with Crippen LogP contribution in [-0.4, -0.2) is 43.5 Å². The summed E-state index contributed by atoms with van der Waals surface area (Å²) in [5, 5.41) is 12.4. The third-order valence-corrected chi connectivity index (χ3v) is 6.55. The molecule has 179 valence electrons. The van der Waals surface area contributed by atoms with E-state index in [1.54, 1.807) is 18.6 Å². The number of aromatic nitrogens is 2. The molecule has 0 aliphatic rings. The summed E-state index contributed by atoms with van der Waals surface area (Å²) in [6.45, 7) is 0. The summed E-state index contributed by atoms with van der Waals surface area (Å²) in [5.74, 6) is 0. The van der Waals surface area contributed by atoms with Gasteiger partial charge in [0.15, 0.2) is 33.1 Å². The normalized spacial score (nSPS) is 10.6. The quantitative estimate of drug-likeness (QED) is 0.107. The minimum atomic E-state index is 0. The Kier molecular flexibility index (Phi) is 12.8. The van der Waals surface area contributed by atoms with Crippen LogP contribution in [-0.2, 0) is 41.2 Å². The molecule has 1 radical (unpaired) electrons. The van der Waals surface area contributed by atoms with E-state index in [0.29, 0.717) is 8.64 Å². The Morgan fingerprint density at radius 1 is 0.800 bits per heavy atom. The van der Waals surface area contributed by atoms with E-state index < -0.39 is 0 Å². The Morgan fingerprint density at radius 2 is 1.40 bits per heavy atom. The molecule has 0 spiro atoms. The number of pyridine rings is 2. The van der Waals surface area contributed by atoms with Gasteiger partial charge in [-0.25, -0.2) is 0 Å². The van der Waals surface area contributed by atoms with Gasteiger partial charge >= 0.3 is 16.8 Å². The van der Waals surface area contributed by atoms with E-state index in [1.165, 1.54) is 23.5 Å². The van der Waals surface area contributed by atoms with Crippen molar-refractivity contribution in [1.82, 2.24) is 9.97 Å². The van der Waals surface area contributed by atoms with E-state index in [2.05, 4.69) is 55.5 Å². The topological polar surface area (TPSA) is 78.7 Å². The van der Waals surface area contributed by atoms with Crippen LogP contribution < -0.4 is 0 Å². The molecule has 0 saturated carbocycles. The van der Waals surface area contributed by atoms with E-state index in [9.17, 15) is 0 Å². The van der Waals surface area contributed by atoms with Crippen LogP contribution in [0.1, 0.15) is 11.4 Å². The summed E-state index contributed by atoms with van der Waals surface area (Å²) in [7, 11) is 0. The van der Waals surface area contributed by atoms with Crippen molar-refractivity contribution in [3.05, 3.63) is 95.3 Å². The van der Waals surface area contributed by atoms with Crippen LogP contribution in [0.2, 0.25) is 0 Å². The zero-order chi connectivity index (χ0) is 24.2. The molecule has 2 aromatic carbocycles. The molecule has 35 heavy (non-hydrogen) atoms. The molecule has 0 amide bonds. The summed E-state index contributed by atoms with van der Waals surface area (Å²) >= 11 is 11.1. The predicted octanol–water partition coefficient (Wildman–Crippen LogP) is 5.34. The smallest absolute Gasteiger partial charge is 0.520 e. The van der Waals surface area contributed by atoms with E-state index in [0.717, 1.165) is 32.9 Å². The van der Waals surface area contributed by atoms with Gasteiger partial charge in [-0.05, 0) is 35.4 Å². The molecule has 0 aliphatic carbocycles. The number of rotatable bonds is 4. The Bertz CT molecular complexity index is 1330. The minimum Gasteiger partial charge on any atom is -0.520 e. The SMILES string of the molecule is CSC(=[SH+])[N-]N=Cc1cc2ccccc2cn1.CSC(=[SH+])[N-]N=Cc1nccc2ccccc12.[Co+2]. The molecule has 0 aliphatic heterocycles. The molecule has 2 aromatic heterocycles. The number of fused-ring (bicyclic) bond motifs is 2. The van der Waals surface area contributed by atoms with Crippen molar-refractivity contribution in [1.29, 1.82) is 0 Å². The van der Waals surface area contributed by atoms with Gasteiger partial charge in [0.25, 0.3) is 0 Å². The third-order valence-electron chi connectivity index (χ3n) is 4.38. The molecule has 0 unspecified atom stereocenters. The molecule has 0 N–H and O–H groups in total. The number of thioether (sulfide) groups is 2. The molecule has 4 aromatic rings. The standard InChI is InChI=1S/2C12H11N3S2.Co/c1-17-12(16)15-14-8-11-6-9-4-2-3-5-10(9)7-13-11;1-17-12(16)15-14-8-11-10-5-3-2-4-9(10)6-7-13-11;/h2*2-8H,1H3,(H,13,15,16);/q;;+2. The van der Waals surface area contributed by atoms with Gasteiger partial charge in [0, 0.05) is 35.6 Å². The predicted molar refractivity (Wildman–Crippen MR) is 160 cm³/mol. The summed E-state index contributed by atoms with van der Waals surface area (Å²) in [4.78, 5) is 8.56. The minimum absolute atomic E-state index is 0. The van der Waals surface area contributed by atoms with E-state index in [1.807, 2.05) is 79.4 Å². The second-order valence-electron chi connectivity index (χ2n) is 6.54. The average molecular weight is 582 g/mol. The van der Waals surface area contributed by atoms with Gasteiger partial charge in [0.1, 0.15) is 0 Å². The van der Waals surface area contributed by atoms with Gasteiger partial charge in [0.05, 0.1) is 11.4 Å². The average Bonchev–Trinajstić information content (AvgIpc) is 2.89. The van der Waals surface area contributed by atoms with Gasteiger partial charge < -0.3 is 21.1 Å². The Morgan fingerprint density at radius 3 is 2.09 bits per heavy atom. The van der Waals surface area contributed by atoms with Crippen LogP contribution in [0.15, 0.2) is 83.3 Å². The summed E-state index contributed by atoms with van der Waals surface area (Å²) in [6, 6.07) is 20.1. The third kappa shape index (κ3) is 9.28. The van der Waals surface area contributed by atoms with Crippen molar-refractivity contribution in [2.45, 2.75) is 0 Å². The fourth-order valence-corrected chi connectivity index (χ4v) is 3.13. The first-order valence-electron chi connectivity index (χ1n) is 9.97. The first kappa shape index (κ1) is 28.8. The van der Waals surface area contributed by atoms with Crippen LogP contribution in [0.3, 0.4) is 0 Å². The van der Waals surface area contributed by atoms with Gasteiger partial charge in [-0.1, -0.05) is 72.1 Å². The first-order chi connectivity index (χ1) is 16.6. The fraction of sp³-hybridized carbons (Fsp3) is 0.0833. The Balaban J connectivity index is 0.000000240. The van der Waals surface area contributed by atoms with Gasteiger partial charge in [0.2, 0.25) is 0 Å². The number of benzene rings is 2. The van der Waals surface area contributed by atoms with Crippen LogP contribution in [0.4, 0.5) is 0 Å². The van der Waals surface area contributed by atoms with Crippen molar-refractivity contribution >= 4 is 90.6 Å². The van der Waals surface area contributed by atoms with Crippen molar-refractivity contribution in [2.75, 3.05) is 12.5 Å².